The van der Waals surface area contributed by atoms with Crippen LogP contribution < -0.4 is 15.2 Å². The molecule has 0 amide bonds. The van der Waals surface area contributed by atoms with Crippen molar-refractivity contribution in [3.05, 3.63) is 48.0 Å². The highest BCUT2D eigenvalue weighted by molar-refractivity contribution is 5.85. The fraction of sp³-hybridized carbons (Fsp3) is 0.211. The van der Waals surface area contributed by atoms with Crippen molar-refractivity contribution >= 4 is 18.4 Å². The lowest BCUT2D eigenvalue weighted by Gasteiger charge is -2.07. The van der Waals surface area contributed by atoms with Crippen molar-refractivity contribution in [2.75, 3.05) is 14.2 Å². The van der Waals surface area contributed by atoms with Gasteiger partial charge in [-0.25, -0.2) is 0 Å². The number of aromatic nitrogens is 2. The van der Waals surface area contributed by atoms with Crippen LogP contribution in [0.1, 0.15) is 5.56 Å². The molecule has 0 saturated heterocycles. The third-order valence-electron chi connectivity index (χ3n) is 4.04. The zero-order valence-corrected chi connectivity index (χ0v) is 16.1. The molecule has 0 radical (unpaired) electrons. The number of benzene rings is 2. The van der Waals surface area contributed by atoms with Crippen LogP contribution in [0.25, 0.3) is 22.8 Å². The maximum atomic E-state index is 10.8. The van der Waals surface area contributed by atoms with Gasteiger partial charge in [0.25, 0.3) is 5.89 Å². The minimum absolute atomic E-state index is 0. The zero-order valence-electron chi connectivity index (χ0n) is 15.3. The first-order valence-corrected chi connectivity index (χ1v) is 8.15. The number of methoxy groups -OCH3 is 2. The topological polar surface area (TPSA) is 121 Å². The summed E-state index contributed by atoms with van der Waals surface area (Å²) in [6.07, 6.45) is 0.249. The Labute approximate surface area is 167 Å². The molecule has 0 aliphatic rings. The Morgan fingerprint density at radius 3 is 2.36 bits per heavy atom. The Hall–Kier alpha value is -3.10. The average Bonchev–Trinajstić information content (AvgIpc) is 3.18. The second-order valence-corrected chi connectivity index (χ2v) is 5.84. The summed E-state index contributed by atoms with van der Waals surface area (Å²) >= 11 is 0. The van der Waals surface area contributed by atoms with Gasteiger partial charge in [-0.15, -0.1) is 12.4 Å². The molecule has 9 heteroatoms. The van der Waals surface area contributed by atoms with Crippen LogP contribution in [0.4, 0.5) is 0 Å². The summed E-state index contributed by atoms with van der Waals surface area (Å²) in [7, 11) is 3.12. The largest absolute Gasteiger partial charge is 0.493 e. The number of halogens is 1. The van der Waals surface area contributed by atoms with Gasteiger partial charge >= 0.3 is 5.97 Å². The molecule has 148 valence electrons. The molecule has 1 atom stereocenters. The van der Waals surface area contributed by atoms with Gasteiger partial charge in [0.2, 0.25) is 5.82 Å². The van der Waals surface area contributed by atoms with E-state index in [1.165, 1.54) is 0 Å². The first kappa shape index (κ1) is 21.2. The van der Waals surface area contributed by atoms with Crippen molar-refractivity contribution in [1.29, 1.82) is 0 Å². The number of hydrogen-bond donors (Lipinski definition) is 2. The first-order chi connectivity index (χ1) is 13.0. The van der Waals surface area contributed by atoms with E-state index in [0.717, 1.165) is 11.1 Å². The third kappa shape index (κ3) is 4.59. The summed E-state index contributed by atoms with van der Waals surface area (Å²) in [6.45, 7) is 0. The summed E-state index contributed by atoms with van der Waals surface area (Å²) in [5, 5.41) is 12.9. The van der Waals surface area contributed by atoms with Crippen LogP contribution in [0.3, 0.4) is 0 Å². The van der Waals surface area contributed by atoms with E-state index in [1.807, 2.05) is 0 Å². The second kappa shape index (κ2) is 9.20. The van der Waals surface area contributed by atoms with Crippen LogP contribution in [0.15, 0.2) is 47.0 Å². The average molecular weight is 406 g/mol. The Morgan fingerprint density at radius 1 is 1.11 bits per heavy atom. The Balaban J connectivity index is 0.00000280. The highest BCUT2D eigenvalue weighted by atomic mass is 35.5. The maximum absolute atomic E-state index is 10.8. The van der Waals surface area contributed by atoms with Crippen LogP contribution in [-0.2, 0) is 11.2 Å². The predicted octanol–water partition coefficient (Wildman–Crippen LogP) is 2.80. The highest BCUT2D eigenvalue weighted by Gasteiger charge is 2.15. The molecular formula is C19H20ClN3O5. The highest BCUT2D eigenvalue weighted by Crippen LogP contribution is 2.32. The molecule has 0 unspecified atom stereocenters. The number of ether oxygens (including phenoxy) is 2. The van der Waals surface area contributed by atoms with E-state index >= 15 is 0 Å². The Kier molecular flexibility index (Phi) is 6.97. The third-order valence-corrected chi connectivity index (χ3v) is 4.04. The molecule has 0 fully saturated rings. The minimum atomic E-state index is -1.03. The summed E-state index contributed by atoms with van der Waals surface area (Å²) in [4.78, 5) is 15.2. The lowest BCUT2D eigenvalue weighted by molar-refractivity contribution is -0.138. The zero-order chi connectivity index (χ0) is 19.4. The molecule has 3 rings (SSSR count). The number of nitrogens with zero attached hydrogens (tertiary/aromatic N) is 2. The van der Waals surface area contributed by atoms with Gasteiger partial charge in [0.1, 0.15) is 6.04 Å². The molecule has 2 aromatic carbocycles. The van der Waals surface area contributed by atoms with Crippen LogP contribution in [0.5, 0.6) is 11.5 Å². The van der Waals surface area contributed by atoms with Crippen LogP contribution in [0.2, 0.25) is 0 Å². The fourth-order valence-electron chi connectivity index (χ4n) is 2.56. The maximum Gasteiger partial charge on any atom is 0.320 e. The summed E-state index contributed by atoms with van der Waals surface area (Å²) in [6, 6.07) is 11.6. The Bertz CT molecular complexity index is 943. The standard InChI is InChI=1S/C19H19N3O5.ClH/c1-25-15-8-7-13(10-16(15)26-2)18-21-17(22-27-18)12-5-3-11(4-6-12)9-14(20)19(23)24;/h3-8,10,14H,9,20H2,1-2H3,(H,23,24);1H/t14-;/m0./s1. The number of carboxylic acids is 1. The summed E-state index contributed by atoms with van der Waals surface area (Å²) < 4.78 is 15.9. The van der Waals surface area contributed by atoms with Crippen LogP contribution >= 0.6 is 12.4 Å². The van der Waals surface area contributed by atoms with Crippen molar-refractivity contribution in [3.63, 3.8) is 0 Å². The van der Waals surface area contributed by atoms with Crippen molar-refractivity contribution in [1.82, 2.24) is 10.1 Å². The second-order valence-electron chi connectivity index (χ2n) is 5.84. The number of aliphatic carboxylic acids is 1. The van der Waals surface area contributed by atoms with Gasteiger partial charge in [0, 0.05) is 11.1 Å². The van der Waals surface area contributed by atoms with Crippen molar-refractivity contribution in [2.45, 2.75) is 12.5 Å². The van der Waals surface area contributed by atoms with E-state index in [0.29, 0.717) is 28.8 Å². The molecule has 0 aliphatic carbocycles. The molecule has 0 aliphatic heterocycles. The molecule has 0 saturated carbocycles. The van der Waals surface area contributed by atoms with Crippen molar-refractivity contribution in [3.8, 4) is 34.3 Å². The normalized spacial score (nSPS) is 11.4. The van der Waals surface area contributed by atoms with Crippen LogP contribution in [-0.4, -0.2) is 41.5 Å². The smallest absolute Gasteiger partial charge is 0.320 e. The van der Waals surface area contributed by atoms with Gasteiger partial charge in [-0.3, -0.25) is 4.79 Å². The van der Waals surface area contributed by atoms with Crippen molar-refractivity contribution < 1.29 is 23.9 Å². The lowest BCUT2D eigenvalue weighted by atomic mass is 10.0. The van der Waals surface area contributed by atoms with E-state index in [4.69, 9.17) is 24.8 Å². The summed E-state index contributed by atoms with van der Waals surface area (Å²) in [5.74, 6) is 0.915. The van der Waals surface area contributed by atoms with E-state index in [-0.39, 0.29) is 18.8 Å². The molecule has 8 nitrogen and oxygen atoms in total. The Morgan fingerprint density at radius 2 is 1.75 bits per heavy atom. The van der Waals surface area contributed by atoms with E-state index in [1.54, 1.807) is 56.7 Å². The molecule has 0 bridgehead atoms. The monoisotopic (exact) mass is 405 g/mol. The molecule has 28 heavy (non-hydrogen) atoms. The lowest BCUT2D eigenvalue weighted by Crippen LogP contribution is -2.32. The molecular weight excluding hydrogens is 386 g/mol. The number of rotatable bonds is 7. The number of carboxylic acid groups (broad SMARTS) is 1. The van der Waals surface area contributed by atoms with E-state index in [2.05, 4.69) is 10.1 Å². The van der Waals surface area contributed by atoms with Gasteiger partial charge in [0.05, 0.1) is 14.2 Å². The number of nitrogens with two attached hydrogens (primary N) is 1. The number of carbonyl (C=O) groups is 1. The van der Waals surface area contributed by atoms with E-state index < -0.39 is 12.0 Å². The molecule has 1 heterocycles. The minimum Gasteiger partial charge on any atom is -0.493 e. The fourth-order valence-corrected chi connectivity index (χ4v) is 2.56. The van der Waals surface area contributed by atoms with Crippen molar-refractivity contribution in [2.24, 2.45) is 5.73 Å². The molecule has 3 N–H and O–H groups in total. The first-order valence-electron chi connectivity index (χ1n) is 8.15. The summed E-state index contributed by atoms with van der Waals surface area (Å²) in [5.41, 5.74) is 7.82. The van der Waals surface area contributed by atoms with Gasteiger partial charge < -0.3 is 24.8 Å². The predicted molar refractivity (Wildman–Crippen MR) is 105 cm³/mol. The SMILES string of the molecule is COc1ccc(-c2nc(-c3ccc(C[C@H](N)C(=O)O)cc3)no2)cc1OC.Cl. The quantitative estimate of drug-likeness (QED) is 0.615. The molecule has 0 spiro atoms. The molecule has 3 aromatic rings. The van der Waals surface area contributed by atoms with Gasteiger partial charge in [0.15, 0.2) is 11.5 Å². The van der Waals surface area contributed by atoms with Crippen LogP contribution in [0, 0.1) is 0 Å². The van der Waals surface area contributed by atoms with Gasteiger partial charge in [-0.1, -0.05) is 29.4 Å². The number of hydrogen-bond acceptors (Lipinski definition) is 7. The van der Waals surface area contributed by atoms with Gasteiger partial charge in [-0.05, 0) is 30.2 Å². The van der Waals surface area contributed by atoms with E-state index in [9.17, 15) is 4.79 Å². The van der Waals surface area contributed by atoms with Gasteiger partial charge in [-0.2, -0.15) is 4.98 Å². The molecule has 1 aromatic heterocycles.